The van der Waals surface area contributed by atoms with Crippen LogP contribution in [0.25, 0.3) is 0 Å². The quantitative estimate of drug-likeness (QED) is 0.710. The van der Waals surface area contributed by atoms with Gasteiger partial charge in [0, 0.05) is 12.1 Å². The zero-order valence-electron chi connectivity index (χ0n) is 11.4. The molecule has 0 aromatic heterocycles. The monoisotopic (exact) mass is 262 g/mol. The number of anilines is 2. The summed E-state index contributed by atoms with van der Waals surface area (Å²) in [6.07, 6.45) is 2.42. The molecule has 0 bridgehead atoms. The summed E-state index contributed by atoms with van der Waals surface area (Å²) in [6.45, 7) is 3.23. The molecule has 5 heteroatoms. The van der Waals surface area contributed by atoms with Gasteiger partial charge in [-0.15, -0.1) is 0 Å². The van der Waals surface area contributed by atoms with Crippen LogP contribution in [-0.4, -0.2) is 37.5 Å². The van der Waals surface area contributed by atoms with Crippen molar-refractivity contribution in [1.29, 1.82) is 0 Å². The zero-order valence-corrected chi connectivity index (χ0v) is 11.4. The van der Waals surface area contributed by atoms with Gasteiger partial charge in [-0.05, 0) is 57.1 Å². The molecule has 0 spiro atoms. The van der Waals surface area contributed by atoms with Gasteiger partial charge < -0.3 is 21.7 Å². The van der Waals surface area contributed by atoms with E-state index in [1.165, 1.54) is 12.8 Å². The minimum absolute atomic E-state index is 0.447. The van der Waals surface area contributed by atoms with Crippen molar-refractivity contribution in [2.45, 2.75) is 12.8 Å². The van der Waals surface area contributed by atoms with Crippen molar-refractivity contribution in [1.82, 2.24) is 4.90 Å². The highest BCUT2D eigenvalue weighted by Gasteiger charge is 2.16. The van der Waals surface area contributed by atoms with Gasteiger partial charge in [-0.25, -0.2) is 0 Å². The molecule has 0 atom stereocenters. The molecule has 5 N–H and O–H groups in total. The average Bonchev–Trinajstić information content (AvgIpc) is 2.39. The predicted octanol–water partition coefficient (Wildman–Crippen LogP) is 1.12. The normalized spacial score (nSPS) is 17.3. The Bertz CT molecular complexity index is 453. The second kappa shape index (κ2) is 5.93. The fourth-order valence-corrected chi connectivity index (χ4v) is 2.40. The van der Waals surface area contributed by atoms with Gasteiger partial charge in [0.05, 0.1) is 11.4 Å². The van der Waals surface area contributed by atoms with E-state index in [2.05, 4.69) is 17.3 Å². The first-order valence-electron chi connectivity index (χ1n) is 6.68. The van der Waals surface area contributed by atoms with Gasteiger partial charge >= 0.3 is 0 Å². The van der Waals surface area contributed by atoms with Crippen LogP contribution in [0.3, 0.4) is 0 Å². The third kappa shape index (κ3) is 3.61. The average molecular weight is 262 g/mol. The fraction of sp³-hybridized carbons (Fsp3) is 0.500. The number of carbonyl (C=O) groups is 1. The minimum Gasteiger partial charge on any atom is -0.397 e. The number of piperidine rings is 1. The van der Waals surface area contributed by atoms with Crippen LogP contribution in [0.5, 0.6) is 0 Å². The van der Waals surface area contributed by atoms with Crippen LogP contribution in [0.4, 0.5) is 11.4 Å². The minimum atomic E-state index is -0.450. The van der Waals surface area contributed by atoms with E-state index in [-0.39, 0.29) is 0 Å². The third-order valence-electron chi connectivity index (χ3n) is 3.76. The molecule has 1 aromatic carbocycles. The summed E-state index contributed by atoms with van der Waals surface area (Å²) in [5.74, 6) is 0.236. The molecule has 1 aliphatic heterocycles. The summed E-state index contributed by atoms with van der Waals surface area (Å²) < 4.78 is 0. The van der Waals surface area contributed by atoms with Crippen molar-refractivity contribution >= 4 is 17.3 Å². The molecule has 1 fully saturated rings. The fourth-order valence-electron chi connectivity index (χ4n) is 2.40. The highest BCUT2D eigenvalue weighted by molar-refractivity contribution is 5.94. The molecule has 1 aromatic rings. The molecular weight excluding hydrogens is 240 g/mol. The van der Waals surface area contributed by atoms with Crippen molar-refractivity contribution in [2.75, 3.05) is 37.7 Å². The summed E-state index contributed by atoms with van der Waals surface area (Å²) in [6, 6.07) is 5.15. The number of hydrogen-bond acceptors (Lipinski definition) is 4. The van der Waals surface area contributed by atoms with Crippen LogP contribution < -0.4 is 16.8 Å². The molecule has 104 valence electrons. The van der Waals surface area contributed by atoms with Crippen molar-refractivity contribution in [3.63, 3.8) is 0 Å². The summed E-state index contributed by atoms with van der Waals surface area (Å²) in [7, 11) is 2.16. The summed E-state index contributed by atoms with van der Waals surface area (Å²) in [4.78, 5) is 13.4. The molecule has 0 aliphatic carbocycles. The van der Waals surface area contributed by atoms with Gasteiger partial charge in [-0.1, -0.05) is 0 Å². The first-order chi connectivity index (χ1) is 9.06. The molecule has 1 heterocycles. The van der Waals surface area contributed by atoms with E-state index in [0.29, 0.717) is 17.2 Å². The zero-order chi connectivity index (χ0) is 13.8. The lowest BCUT2D eigenvalue weighted by Crippen LogP contribution is -2.33. The molecule has 1 saturated heterocycles. The van der Waals surface area contributed by atoms with E-state index in [1.54, 1.807) is 12.1 Å². The van der Waals surface area contributed by atoms with E-state index in [4.69, 9.17) is 11.5 Å². The highest BCUT2D eigenvalue weighted by Crippen LogP contribution is 2.22. The van der Waals surface area contributed by atoms with E-state index >= 15 is 0 Å². The number of carbonyl (C=O) groups excluding carboxylic acids is 1. The van der Waals surface area contributed by atoms with Gasteiger partial charge in [-0.3, -0.25) is 4.79 Å². The second-order valence-electron chi connectivity index (χ2n) is 5.29. The third-order valence-corrected chi connectivity index (χ3v) is 3.76. The Morgan fingerprint density at radius 2 is 2.11 bits per heavy atom. The Morgan fingerprint density at radius 1 is 1.42 bits per heavy atom. The number of amides is 1. The largest absolute Gasteiger partial charge is 0.397 e. The number of primary amides is 1. The smallest absolute Gasteiger partial charge is 0.248 e. The highest BCUT2D eigenvalue weighted by atomic mass is 16.1. The van der Waals surface area contributed by atoms with Crippen LogP contribution in [0.1, 0.15) is 23.2 Å². The topological polar surface area (TPSA) is 84.4 Å². The second-order valence-corrected chi connectivity index (χ2v) is 5.29. The molecule has 5 nitrogen and oxygen atoms in total. The number of nitrogens with one attached hydrogen (secondary N) is 1. The number of benzene rings is 1. The molecule has 2 rings (SSSR count). The lowest BCUT2D eigenvalue weighted by atomic mass is 9.97. The number of rotatable bonds is 4. The molecule has 0 radical (unpaired) electrons. The van der Waals surface area contributed by atoms with Crippen molar-refractivity contribution < 1.29 is 4.79 Å². The molecule has 1 aliphatic rings. The number of likely N-dealkylation sites (tertiary alicyclic amines) is 1. The van der Waals surface area contributed by atoms with Gasteiger partial charge in [-0.2, -0.15) is 0 Å². The Morgan fingerprint density at radius 3 is 2.68 bits per heavy atom. The number of hydrogen-bond donors (Lipinski definition) is 3. The maximum Gasteiger partial charge on any atom is 0.248 e. The molecule has 19 heavy (non-hydrogen) atoms. The number of nitrogens with zero attached hydrogens (tertiary/aromatic N) is 1. The van der Waals surface area contributed by atoms with Gasteiger partial charge in [0.1, 0.15) is 0 Å². The van der Waals surface area contributed by atoms with Crippen molar-refractivity contribution in [3.05, 3.63) is 23.8 Å². The summed E-state index contributed by atoms with van der Waals surface area (Å²) >= 11 is 0. The molecule has 1 amide bonds. The van der Waals surface area contributed by atoms with E-state index in [1.807, 2.05) is 6.07 Å². The summed E-state index contributed by atoms with van der Waals surface area (Å²) in [5, 5.41) is 3.37. The van der Waals surface area contributed by atoms with Crippen LogP contribution in [0.15, 0.2) is 18.2 Å². The number of nitrogen functional groups attached to an aromatic ring is 1. The van der Waals surface area contributed by atoms with Gasteiger partial charge in [0.15, 0.2) is 0 Å². The van der Waals surface area contributed by atoms with Gasteiger partial charge in [0.2, 0.25) is 5.91 Å². The molecular formula is C14H22N4O. The Balaban J connectivity index is 1.91. The first kappa shape index (κ1) is 13.7. The molecule has 0 unspecified atom stereocenters. The van der Waals surface area contributed by atoms with Gasteiger partial charge in [0.25, 0.3) is 0 Å². The van der Waals surface area contributed by atoms with Crippen LogP contribution in [0.2, 0.25) is 0 Å². The first-order valence-corrected chi connectivity index (χ1v) is 6.68. The Labute approximate surface area is 113 Å². The summed E-state index contributed by atoms with van der Waals surface area (Å²) in [5.41, 5.74) is 13.0. The Hall–Kier alpha value is -1.75. The van der Waals surface area contributed by atoms with Crippen molar-refractivity contribution in [3.8, 4) is 0 Å². The molecule has 0 saturated carbocycles. The maximum atomic E-state index is 11.0. The number of nitrogens with two attached hydrogens (primary N) is 2. The van der Waals surface area contributed by atoms with Crippen molar-refractivity contribution in [2.24, 2.45) is 11.7 Å². The van der Waals surface area contributed by atoms with Crippen LogP contribution in [-0.2, 0) is 0 Å². The van der Waals surface area contributed by atoms with E-state index < -0.39 is 5.91 Å². The predicted molar refractivity (Wildman–Crippen MR) is 78.1 cm³/mol. The van der Waals surface area contributed by atoms with Crippen LogP contribution >= 0.6 is 0 Å². The maximum absolute atomic E-state index is 11.0. The van der Waals surface area contributed by atoms with E-state index in [0.717, 1.165) is 25.3 Å². The SMILES string of the molecule is CN1CCC(CNc2ccc(C(N)=O)cc2N)CC1. The van der Waals surface area contributed by atoms with E-state index in [9.17, 15) is 4.79 Å². The lowest BCUT2D eigenvalue weighted by molar-refractivity contribution is 0.100. The Kier molecular flexibility index (Phi) is 4.27. The van der Waals surface area contributed by atoms with Crippen LogP contribution in [0, 0.1) is 5.92 Å². The standard InChI is InChI=1S/C14H22N4O/c1-18-6-4-10(5-7-18)9-17-13-3-2-11(14(16)19)8-12(13)15/h2-3,8,10,17H,4-7,9,15H2,1H3,(H2,16,19). The lowest BCUT2D eigenvalue weighted by Gasteiger charge is -2.29.